The quantitative estimate of drug-likeness (QED) is 0.420. The first-order chi connectivity index (χ1) is 18.0. The molecule has 0 bridgehead atoms. The number of guanidine groups is 1. The average molecular weight is 524 g/mol. The topological polar surface area (TPSA) is 155 Å². The van der Waals surface area contributed by atoms with Crippen molar-refractivity contribution >= 4 is 35.2 Å². The number of rotatable bonds is 6. The summed E-state index contributed by atoms with van der Waals surface area (Å²) in [6, 6.07) is 3.84. The van der Waals surface area contributed by atoms with Gasteiger partial charge in [-0.3, -0.25) is 14.8 Å². The number of allylic oxidation sites excluding steroid dienone is 2. The maximum absolute atomic E-state index is 14.7. The summed E-state index contributed by atoms with van der Waals surface area (Å²) >= 11 is 0. The largest absolute Gasteiger partial charge is 0.385 e. The average Bonchev–Trinajstić information content (AvgIpc) is 2.88. The molecule has 2 heterocycles. The zero-order valence-electron chi connectivity index (χ0n) is 22.1. The van der Waals surface area contributed by atoms with Gasteiger partial charge in [0.05, 0.1) is 25.1 Å². The van der Waals surface area contributed by atoms with E-state index in [9.17, 15) is 9.18 Å². The third kappa shape index (κ3) is 7.13. The Morgan fingerprint density at radius 3 is 2.61 bits per heavy atom. The van der Waals surface area contributed by atoms with Gasteiger partial charge < -0.3 is 31.7 Å². The second-order valence-corrected chi connectivity index (χ2v) is 9.46. The molecule has 0 saturated carbocycles. The van der Waals surface area contributed by atoms with Gasteiger partial charge in [-0.15, -0.1) is 0 Å². The van der Waals surface area contributed by atoms with Crippen molar-refractivity contribution in [2.75, 3.05) is 38.7 Å². The van der Waals surface area contributed by atoms with E-state index in [2.05, 4.69) is 37.2 Å². The van der Waals surface area contributed by atoms with E-state index in [1.165, 1.54) is 24.5 Å². The first kappa shape index (κ1) is 28.3. The Balaban J connectivity index is 1.87. The second kappa shape index (κ2) is 12.3. The molecule has 202 valence electrons. The van der Waals surface area contributed by atoms with Crippen LogP contribution in [0.1, 0.15) is 31.1 Å². The molecule has 1 aromatic rings. The van der Waals surface area contributed by atoms with E-state index in [0.29, 0.717) is 43.7 Å². The number of anilines is 1. The summed E-state index contributed by atoms with van der Waals surface area (Å²) < 4.78 is 20.1. The van der Waals surface area contributed by atoms with Crippen LogP contribution in [0.25, 0.3) is 0 Å². The van der Waals surface area contributed by atoms with Crippen LogP contribution in [0, 0.1) is 11.2 Å². The molecule has 1 amide bonds. The van der Waals surface area contributed by atoms with E-state index in [0.717, 1.165) is 6.07 Å². The lowest BCUT2D eigenvalue weighted by molar-refractivity contribution is 0.0676. The van der Waals surface area contributed by atoms with Crippen molar-refractivity contribution < 1.29 is 13.9 Å². The molecule has 1 aromatic carbocycles. The van der Waals surface area contributed by atoms with Gasteiger partial charge in [-0.05, 0) is 24.3 Å². The highest BCUT2D eigenvalue weighted by molar-refractivity contribution is 6.41. The summed E-state index contributed by atoms with van der Waals surface area (Å²) in [5.41, 5.74) is 13.5. The molecule has 3 rings (SSSR count). The lowest BCUT2D eigenvalue weighted by Gasteiger charge is -2.29. The number of benzene rings is 1. The molecule has 6 N–H and O–H groups in total. The van der Waals surface area contributed by atoms with Crippen molar-refractivity contribution in [3.63, 3.8) is 0 Å². The van der Waals surface area contributed by atoms with Crippen LogP contribution in [0.4, 0.5) is 10.1 Å². The second-order valence-electron chi connectivity index (χ2n) is 9.46. The third-order valence-corrected chi connectivity index (χ3v) is 5.59. The van der Waals surface area contributed by atoms with Crippen molar-refractivity contribution in [1.29, 1.82) is 0 Å². The molecule has 1 saturated heterocycles. The van der Waals surface area contributed by atoms with E-state index in [4.69, 9.17) is 16.2 Å². The number of carbonyl (C=O) groups excluding carboxylic acids is 1. The summed E-state index contributed by atoms with van der Waals surface area (Å²) in [6.45, 7) is 11.9. The standard InChI is InChI=1S/C26H34FN9O2/c1-6-31-19-15-32-25(36-9-11-38-12-10-36)35-22(19)23(29)33-18-13-16(7-8-17(18)27)24(37)34-21(28)14-20(30-5)26(2,3)4/h6-8,13-15,33H,1,9-12,28-29H2,2-5H3,(H,34,37)/b21-14+,23-22-,30-20+,31-19-. The SMILES string of the molecule is C=C/N=C1/C=NC(N2CCOCC2)=N/C1=C(/N)Nc1cc(C(=O)N/C(N)=C/C(=N\C)C(C)(C)C)ccc1F. The van der Waals surface area contributed by atoms with Crippen LogP contribution in [-0.4, -0.2) is 67.8 Å². The fourth-order valence-corrected chi connectivity index (χ4v) is 3.64. The normalized spacial score (nSPS) is 19.2. The number of hydrogen-bond donors (Lipinski definition) is 4. The molecular formula is C26H34FN9O2. The van der Waals surface area contributed by atoms with Gasteiger partial charge in [0.2, 0.25) is 5.96 Å². The molecule has 1 fully saturated rings. The van der Waals surface area contributed by atoms with Gasteiger partial charge >= 0.3 is 0 Å². The van der Waals surface area contributed by atoms with Crippen molar-refractivity contribution in [2.45, 2.75) is 20.8 Å². The summed E-state index contributed by atoms with van der Waals surface area (Å²) in [6.07, 6.45) is 4.45. The Morgan fingerprint density at radius 2 is 1.97 bits per heavy atom. The summed E-state index contributed by atoms with van der Waals surface area (Å²) in [4.78, 5) is 32.1. The number of aliphatic imine (C=N–C) groups is 4. The molecule has 11 nitrogen and oxygen atoms in total. The Hall–Kier alpha value is -4.32. The molecular weight excluding hydrogens is 489 g/mol. The lowest BCUT2D eigenvalue weighted by atomic mass is 9.89. The highest BCUT2D eigenvalue weighted by Crippen LogP contribution is 2.21. The Labute approximate surface area is 221 Å². The van der Waals surface area contributed by atoms with Crippen LogP contribution in [0.2, 0.25) is 0 Å². The van der Waals surface area contributed by atoms with Gasteiger partial charge in [-0.1, -0.05) is 27.4 Å². The third-order valence-electron chi connectivity index (χ3n) is 5.59. The highest BCUT2D eigenvalue weighted by Gasteiger charge is 2.22. The van der Waals surface area contributed by atoms with Crippen LogP contribution in [-0.2, 0) is 4.74 Å². The van der Waals surface area contributed by atoms with E-state index in [1.807, 2.05) is 25.7 Å². The number of amides is 1. The van der Waals surface area contributed by atoms with Crippen molar-refractivity contribution in [3.05, 3.63) is 65.8 Å². The molecule has 0 aliphatic carbocycles. The molecule has 12 heteroatoms. The Bertz CT molecular complexity index is 1260. The van der Waals surface area contributed by atoms with E-state index < -0.39 is 11.7 Å². The summed E-state index contributed by atoms with van der Waals surface area (Å²) in [7, 11) is 1.65. The van der Waals surface area contributed by atoms with Crippen molar-refractivity contribution in [1.82, 2.24) is 10.2 Å². The minimum Gasteiger partial charge on any atom is -0.385 e. The monoisotopic (exact) mass is 523 g/mol. The number of nitrogens with two attached hydrogens (primary N) is 2. The predicted molar refractivity (Wildman–Crippen MR) is 150 cm³/mol. The molecule has 2 aliphatic heterocycles. The first-order valence-electron chi connectivity index (χ1n) is 12.0. The van der Waals surface area contributed by atoms with E-state index >= 15 is 0 Å². The predicted octanol–water partition coefficient (Wildman–Crippen LogP) is 2.37. The molecule has 2 aliphatic rings. The van der Waals surface area contributed by atoms with Crippen molar-refractivity contribution in [2.24, 2.45) is 36.9 Å². The Kier molecular flexibility index (Phi) is 9.13. The molecule has 0 unspecified atom stereocenters. The first-order valence-corrected chi connectivity index (χ1v) is 12.0. The van der Waals surface area contributed by atoms with Crippen LogP contribution >= 0.6 is 0 Å². The molecule has 0 atom stereocenters. The number of hydrogen-bond acceptors (Lipinski definition) is 10. The molecule has 38 heavy (non-hydrogen) atoms. The van der Waals surface area contributed by atoms with Gasteiger partial charge in [-0.2, -0.15) is 0 Å². The van der Waals surface area contributed by atoms with Gasteiger partial charge in [0.25, 0.3) is 5.91 Å². The zero-order valence-corrected chi connectivity index (χ0v) is 22.1. The maximum atomic E-state index is 14.7. The molecule has 0 aromatic heterocycles. The number of nitrogens with one attached hydrogen (secondary N) is 2. The smallest absolute Gasteiger partial charge is 0.256 e. The van der Waals surface area contributed by atoms with Crippen molar-refractivity contribution in [3.8, 4) is 0 Å². The van der Waals surface area contributed by atoms with Gasteiger partial charge in [-0.25, -0.2) is 14.4 Å². The maximum Gasteiger partial charge on any atom is 0.256 e. The highest BCUT2D eigenvalue weighted by atomic mass is 19.1. The van der Waals surface area contributed by atoms with Crippen LogP contribution in [0.3, 0.4) is 0 Å². The van der Waals surface area contributed by atoms with E-state index in [1.54, 1.807) is 13.1 Å². The fourth-order valence-electron chi connectivity index (χ4n) is 3.64. The van der Waals surface area contributed by atoms with Crippen LogP contribution < -0.4 is 22.1 Å². The zero-order chi connectivity index (χ0) is 27.9. The molecule has 0 radical (unpaired) electrons. The fraction of sp³-hybridized carbons (Fsp3) is 0.346. The molecule has 0 spiro atoms. The summed E-state index contributed by atoms with van der Waals surface area (Å²) in [5.74, 6) is -0.568. The number of nitrogens with zero attached hydrogens (tertiary/aromatic N) is 5. The van der Waals surface area contributed by atoms with Crippen LogP contribution in [0.15, 0.2) is 74.4 Å². The Morgan fingerprint density at radius 1 is 1.26 bits per heavy atom. The minimum atomic E-state index is -0.620. The van der Waals surface area contributed by atoms with Crippen LogP contribution in [0.5, 0.6) is 0 Å². The van der Waals surface area contributed by atoms with E-state index in [-0.39, 0.29) is 34.0 Å². The number of ether oxygens (including phenoxy) is 1. The summed E-state index contributed by atoms with van der Waals surface area (Å²) in [5, 5.41) is 5.41. The number of halogens is 1. The lowest BCUT2D eigenvalue weighted by Crippen LogP contribution is -2.41. The minimum absolute atomic E-state index is 0.0207. The number of carbonyl (C=O) groups is 1. The van der Waals surface area contributed by atoms with Gasteiger partial charge in [0.15, 0.2) is 0 Å². The van der Waals surface area contributed by atoms with Gasteiger partial charge in [0, 0.05) is 43.0 Å². The van der Waals surface area contributed by atoms with Gasteiger partial charge in [0.1, 0.15) is 28.9 Å². The number of morpholine rings is 1.